The molecule has 8 heteroatoms. The zero-order chi connectivity index (χ0) is 22.4. The smallest absolute Gasteiger partial charge is 0.339 e. The van der Waals surface area contributed by atoms with Crippen molar-refractivity contribution in [2.24, 2.45) is 4.99 Å². The SMILES string of the molecule is CCc1nn(CCCOC(=O)C2=C(C)C(C)N=C2C)c2c1C(=O)NCCCOCCC2. The van der Waals surface area contributed by atoms with Crippen LogP contribution in [0.3, 0.4) is 0 Å². The number of esters is 1. The van der Waals surface area contributed by atoms with Gasteiger partial charge in [0, 0.05) is 38.4 Å². The molecule has 0 aliphatic carbocycles. The average Bonchev–Trinajstić information content (AvgIpc) is 3.21. The lowest BCUT2D eigenvalue weighted by atomic mass is 10.1. The fraction of sp³-hybridized carbons (Fsp3) is 0.652. The molecule has 1 aromatic heterocycles. The first-order valence-electron chi connectivity index (χ1n) is 11.3. The zero-order valence-electron chi connectivity index (χ0n) is 19.1. The first kappa shape index (κ1) is 23.2. The monoisotopic (exact) mass is 430 g/mol. The maximum absolute atomic E-state index is 12.8. The highest BCUT2D eigenvalue weighted by Crippen LogP contribution is 2.22. The molecule has 0 saturated carbocycles. The first-order chi connectivity index (χ1) is 14.9. The summed E-state index contributed by atoms with van der Waals surface area (Å²) in [5.41, 5.74) is 4.76. The minimum atomic E-state index is -0.311. The lowest BCUT2D eigenvalue weighted by Crippen LogP contribution is -2.26. The van der Waals surface area contributed by atoms with E-state index in [1.54, 1.807) is 0 Å². The van der Waals surface area contributed by atoms with E-state index in [9.17, 15) is 9.59 Å². The summed E-state index contributed by atoms with van der Waals surface area (Å²) in [6.07, 6.45) is 3.70. The number of rotatable bonds is 6. The van der Waals surface area contributed by atoms with Gasteiger partial charge in [0.25, 0.3) is 5.91 Å². The van der Waals surface area contributed by atoms with Crippen LogP contribution in [0.2, 0.25) is 0 Å². The number of amides is 1. The fourth-order valence-corrected chi connectivity index (χ4v) is 4.11. The highest BCUT2D eigenvalue weighted by molar-refractivity contribution is 6.20. The Hall–Kier alpha value is -2.48. The summed E-state index contributed by atoms with van der Waals surface area (Å²) in [4.78, 5) is 29.7. The molecule has 0 radical (unpaired) electrons. The van der Waals surface area contributed by atoms with Gasteiger partial charge in [-0.15, -0.1) is 0 Å². The quantitative estimate of drug-likeness (QED) is 0.553. The molecule has 8 nitrogen and oxygen atoms in total. The van der Waals surface area contributed by atoms with Gasteiger partial charge in [0.2, 0.25) is 0 Å². The second kappa shape index (κ2) is 10.7. The lowest BCUT2D eigenvalue weighted by Gasteiger charge is -2.11. The van der Waals surface area contributed by atoms with Gasteiger partial charge in [-0.3, -0.25) is 14.5 Å². The van der Waals surface area contributed by atoms with Gasteiger partial charge < -0.3 is 14.8 Å². The third-order valence-corrected chi connectivity index (χ3v) is 5.87. The van der Waals surface area contributed by atoms with Crippen molar-refractivity contribution in [2.45, 2.75) is 72.4 Å². The fourth-order valence-electron chi connectivity index (χ4n) is 4.11. The number of hydrogen-bond acceptors (Lipinski definition) is 6. The third-order valence-electron chi connectivity index (χ3n) is 5.87. The largest absolute Gasteiger partial charge is 0.462 e. The molecule has 1 amide bonds. The average molecular weight is 431 g/mol. The minimum Gasteiger partial charge on any atom is -0.462 e. The molecule has 31 heavy (non-hydrogen) atoms. The summed E-state index contributed by atoms with van der Waals surface area (Å²) in [6.45, 7) is 10.6. The van der Waals surface area contributed by atoms with Crippen molar-refractivity contribution in [1.29, 1.82) is 0 Å². The van der Waals surface area contributed by atoms with E-state index in [0.717, 1.165) is 41.9 Å². The summed E-state index contributed by atoms with van der Waals surface area (Å²) in [7, 11) is 0. The Balaban J connectivity index is 1.66. The van der Waals surface area contributed by atoms with Gasteiger partial charge in [-0.1, -0.05) is 6.92 Å². The number of aliphatic imine (C=N–C) groups is 1. The van der Waals surface area contributed by atoms with E-state index in [-0.39, 0.29) is 17.9 Å². The highest BCUT2D eigenvalue weighted by atomic mass is 16.5. The van der Waals surface area contributed by atoms with Crippen LogP contribution in [0.25, 0.3) is 0 Å². The Morgan fingerprint density at radius 2 is 2.06 bits per heavy atom. The van der Waals surface area contributed by atoms with Crippen molar-refractivity contribution >= 4 is 17.6 Å². The Labute approximate surface area is 184 Å². The molecule has 2 aliphatic heterocycles. The Morgan fingerprint density at radius 3 is 2.77 bits per heavy atom. The van der Waals surface area contributed by atoms with E-state index in [4.69, 9.17) is 14.6 Å². The van der Waals surface area contributed by atoms with Gasteiger partial charge in [0.1, 0.15) is 0 Å². The van der Waals surface area contributed by atoms with Crippen LogP contribution < -0.4 is 5.32 Å². The predicted molar refractivity (Wildman–Crippen MR) is 119 cm³/mol. The van der Waals surface area contributed by atoms with Crippen molar-refractivity contribution in [3.63, 3.8) is 0 Å². The van der Waals surface area contributed by atoms with E-state index < -0.39 is 0 Å². The van der Waals surface area contributed by atoms with E-state index in [2.05, 4.69) is 10.3 Å². The number of fused-ring (bicyclic) bond motifs is 1. The molecule has 3 heterocycles. The van der Waals surface area contributed by atoms with Crippen LogP contribution in [0.1, 0.15) is 68.7 Å². The van der Waals surface area contributed by atoms with Gasteiger partial charge in [-0.2, -0.15) is 5.10 Å². The van der Waals surface area contributed by atoms with Crippen LogP contribution in [-0.2, 0) is 33.7 Å². The number of carbonyl (C=O) groups is 2. The van der Waals surface area contributed by atoms with Crippen molar-refractivity contribution in [2.75, 3.05) is 26.4 Å². The lowest BCUT2D eigenvalue weighted by molar-refractivity contribution is -0.138. The van der Waals surface area contributed by atoms with Crippen molar-refractivity contribution < 1.29 is 19.1 Å². The van der Waals surface area contributed by atoms with Crippen LogP contribution in [0.5, 0.6) is 0 Å². The Kier molecular flexibility index (Phi) is 8.01. The molecular formula is C23H34N4O4. The molecule has 0 aromatic carbocycles. The summed E-state index contributed by atoms with van der Waals surface area (Å²) in [5.74, 6) is -0.368. The summed E-state index contributed by atoms with van der Waals surface area (Å²) in [6, 6.07) is 0.0336. The van der Waals surface area contributed by atoms with Gasteiger partial charge in [0.05, 0.1) is 35.2 Å². The normalized spacial score (nSPS) is 20.1. The van der Waals surface area contributed by atoms with E-state index >= 15 is 0 Å². The van der Waals surface area contributed by atoms with E-state index in [1.807, 2.05) is 32.4 Å². The molecule has 1 atom stereocenters. The molecule has 0 fully saturated rings. The maximum atomic E-state index is 12.8. The van der Waals surface area contributed by atoms with Gasteiger partial charge in [-0.25, -0.2) is 4.79 Å². The van der Waals surface area contributed by atoms with Crippen molar-refractivity contribution in [3.8, 4) is 0 Å². The number of ether oxygens (including phenoxy) is 2. The molecule has 3 rings (SSSR count). The van der Waals surface area contributed by atoms with Gasteiger partial charge in [-0.05, 0) is 52.0 Å². The number of nitrogens with one attached hydrogen (secondary N) is 1. The molecule has 1 N–H and O–H groups in total. The maximum Gasteiger partial charge on any atom is 0.339 e. The summed E-state index contributed by atoms with van der Waals surface area (Å²) in [5, 5.41) is 7.69. The second-order valence-corrected chi connectivity index (χ2v) is 8.11. The Bertz CT molecular complexity index is 884. The van der Waals surface area contributed by atoms with Crippen molar-refractivity contribution in [1.82, 2.24) is 15.1 Å². The molecule has 170 valence electrons. The van der Waals surface area contributed by atoms with E-state index in [0.29, 0.717) is 56.9 Å². The molecule has 0 spiro atoms. The number of aryl methyl sites for hydroxylation is 2. The summed E-state index contributed by atoms with van der Waals surface area (Å²) < 4.78 is 13.1. The van der Waals surface area contributed by atoms with Gasteiger partial charge >= 0.3 is 5.97 Å². The number of carbonyl (C=O) groups excluding carboxylic acids is 2. The molecule has 2 aliphatic rings. The third kappa shape index (κ3) is 5.42. The molecule has 0 bridgehead atoms. The standard InChI is InChI=1S/C23H34N4O4/c1-5-18-21-19(9-6-12-30-13-7-10-24-22(21)28)27(26-18)11-8-14-31-23(29)20-15(2)16(3)25-17(20)4/h16H,5-14H2,1-4H3,(H,24,28). The van der Waals surface area contributed by atoms with Crippen molar-refractivity contribution in [3.05, 3.63) is 28.1 Å². The van der Waals surface area contributed by atoms with Crippen LogP contribution in [-0.4, -0.2) is 59.8 Å². The predicted octanol–water partition coefficient (Wildman–Crippen LogP) is 2.64. The topological polar surface area (TPSA) is 94.8 Å². The summed E-state index contributed by atoms with van der Waals surface area (Å²) >= 11 is 0. The number of nitrogens with zero attached hydrogens (tertiary/aromatic N) is 3. The minimum absolute atomic E-state index is 0.0336. The Morgan fingerprint density at radius 1 is 1.29 bits per heavy atom. The number of hydrogen-bond donors (Lipinski definition) is 1. The van der Waals surface area contributed by atoms with Crippen LogP contribution in [0.15, 0.2) is 16.1 Å². The number of aromatic nitrogens is 2. The second-order valence-electron chi connectivity index (χ2n) is 8.11. The molecule has 1 aromatic rings. The van der Waals surface area contributed by atoms with Crippen LogP contribution in [0, 0.1) is 0 Å². The highest BCUT2D eigenvalue weighted by Gasteiger charge is 2.26. The van der Waals surface area contributed by atoms with Crippen LogP contribution >= 0.6 is 0 Å². The zero-order valence-corrected chi connectivity index (χ0v) is 19.1. The first-order valence-corrected chi connectivity index (χ1v) is 11.3. The van der Waals surface area contributed by atoms with Crippen LogP contribution in [0.4, 0.5) is 0 Å². The molecule has 0 saturated heterocycles. The van der Waals surface area contributed by atoms with E-state index in [1.165, 1.54) is 0 Å². The molecular weight excluding hydrogens is 396 g/mol. The van der Waals surface area contributed by atoms with Gasteiger partial charge in [0.15, 0.2) is 0 Å². The molecule has 1 unspecified atom stereocenters.